The first kappa shape index (κ1) is 16.8. The summed E-state index contributed by atoms with van der Waals surface area (Å²) in [6.07, 6.45) is 5.41. The van der Waals surface area contributed by atoms with Crippen molar-refractivity contribution in [2.75, 3.05) is 5.32 Å². The summed E-state index contributed by atoms with van der Waals surface area (Å²) in [5.41, 5.74) is 3.29. The van der Waals surface area contributed by atoms with Gasteiger partial charge < -0.3 is 9.88 Å². The van der Waals surface area contributed by atoms with Gasteiger partial charge in [0.1, 0.15) is 5.56 Å². The minimum absolute atomic E-state index is 0.159. The van der Waals surface area contributed by atoms with E-state index in [2.05, 4.69) is 11.4 Å². The van der Waals surface area contributed by atoms with Crippen LogP contribution in [-0.4, -0.2) is 10.5 Å². The van der Waals surface area contributed by atoms with E-state index in [-0.39, 0.29) is 16.4 Å². The van der Waals surface area contributed by atoms with E-state index in [4.69, 9.17) is 0 Å². The summed E-state index contributed by atoms with van der Waals surface area (Å²) in [6, 6.07) is 15.5. The number of pyridine rings is 1. The lowest BCUT2D eigenvalue weighted by Crippen LogP contribution is -2.25. The van der Waals surface area contributed by atoms with E-state index < -0.39 is 5.91 Å². The van der Waals surface area contributed by atoms with Crippen LogP contribution in [0.3, 0.4) is 0 Å². The van der Waals surface area contributed by atoms with E-state index in [9.17, 15) is 14.9 Å². The minimum atomic E-state index is -0.402. The van der Waals surface area contributed by atoms with Crippen molar-refractivity contribution < 1.29 is 4.79 Å². The predicted octanol–water partition coefficient (Wildman–Crippen LogP) is 3.76. The predicted molar refractivity (Wildman–Crippen MR) is 107 cm³/mol. The number of amides is 1. The van der Waals surface area contributed by atoms with Gasteiger partial charge >= 0.3 is 0 Å². The number of nitriles is 1. The largest absolute Gasteiger partial charge is 0.346 e. The van der Waals surface area contributed by atoms with Crippen molar-refractivity contribution >= 4 is 22.5 Å². The first-order chi connectivity index (χ1) is 13.6. The van der Waals surface area contributed by atoms with Crippen molar-refractivity contribution in [1.82, 2.24) is 4.57 Å². The van der Waals surface area contributed by atoms with Crippen LogP contribution in [-0.2, 0) is 18.4 Å². The average Bonchev–Trinajstić information content (AvgIpc) is 3.52. The molecule has 1 aromatic heterocycles. The number of hydrogen-bond donors (Lipinski definition) is 1. The highest BCUT2D eigenvalue weighted by molar-refractivity contribution is 6.06. The zero-order valence-electron chi connectivity index (χ0n) is 15.4. The fraction of sp³-hybridized carbons (Fsp3) is 0.261. The molecule has 28 heavy (non-hydrogen) atoms. The van der Waals surface area contributed by atoms with E-state index in [1.54, 1.807) is 24.4 Å². The highest BCUT2D eigenvalue weighted by Gasteiger charge is 2.44. The van der Waals surface area contributed by atoms with Gasteiger partial charge in [0.25, 0.3) is 5.91 Å². The second-order valence-electron chi connectivity index (χ2n) is 7.71. The first-order valence-corrected chi connectivity index (χ1v) is 9.59. The monoisotopic (exact) mass is 369 g/mol. The average molecular weight is 369 g/mol. The summed E-state index contributed by atoms with van der Waals surface area (Å²) in [6.45, 7) is 0.805. The molecule has 2 heterocycles. The molecule has 1 amide bonds. The van der Waals surface area contributed by atoms with E-state index in [1.165, 1.54) is 0 Å². The summed E-state index contributed by atoms with van der Waals surface area (Å²) >= 11 is 0. The number of benzene rings is 2. The van der Waals surface area contributed by atoms with Crippen molar-refractivity contribution in [2.45, 2.75) is 37.6 Å². The van der Waals surface area contributed by atoms with Crippen molar-refractivity contribution in [3.8, 4) is 6.07 Å². The van der Waals surface area contributed by atoms with Gasteiger partial charge in [0.15, 0.2) is 0 Å². The molecule has 3 aromatic rings. The zero-order valence-corrected chi connectivity index (χ0v) is 15.4. The van der Waals surface area contributed by atoms with Crippen LogP contribution in [0.25, 0.3) is 10.9 Å². The fourth-order valence-electron chi connectivity index (χ4n) is 4.18. The second-order valence-corrected chi connectivity index (χ2v) is 7.71. The maximum absolute atomic E-state index is 12.9. The lowest BCUT2D eigenvalue weighted by Gasteiger charge is -2.20. The van der Waals surface area contributed by atoms with E-state index in [0.717, 1.165) is 48.9 Å². The summed E-state index contributed by atoms with van der Waals surface area (Å²) < 4.78 is 2.03. The van der Waals surface area contributed by atoms with Gasteiger partial charge in [-0.15, -0.1) is 0 Å². The van der Waals surface area contributed by atoms with Gasteiger partial charge in [0.05, 0.1) is 17.0 Å². The lowest BCUT2D eigenvalue weighted by atomic mass is 9.97. The van der Waals surface area contributed by atoms with Gasteiger partial charge in [-0.3, -0.25) is 9.59 Å². The summed E-state index contributed by atoms with van der Waals surface area (Å²) in [7, 11) is 0. The molecule has 2 aromatic carbocycles. The van der Waals surface area contributed by atoms with E-state index in [0.29, 0.717) is 11.1 Å². The Morgan fingerprint density at radius 2 is 1.93 bits per heavy atom. The molecule has 0 saturated heterocycles. The number of anilines is 1. The van der Waals surface area contributed by atoms with Gasteiger partial charge in [-0.1, -0.05) is 24.3 Å². The third kappa shape index (κ3) is 2.53. The quantitative estimate of drug-likeness (QED) is 0.764. The van der Waals surface area contributed by atoms with Crippen LogP contribution in [0, 0.1) is 11.3 Å². The molecule has 1 aliphatic heterocycles. The van der Waals surface area contributed by atoms with Gasteiger partial charge in [0, 0.05) is 23.8 Å². The fourth-order valence-corrected chi connectivity index (χ4v) is 4.18. The third-order valence-corrected chi connectivity index (χ3v) is 5.93. The van der Waals surface area contributed by atoms with Crippen LogP contribution in [0.15, 0.2) is 53.5 Å². The Morgan fingerprint density at radius 1 is 1.14 bits per heavy atom. The van der Waals surface area contributed by atoms with Crippen molar-refractivity contribution in [2.24, 2.45) is 0 Å². The molecule has 5 rings (SSSR count). The number of para-hydroxylation sites is 1. The molecule has 2 aliphatic rings. The molecule has 5 nitrogen and oxygen atoms in total. The van der Waals surface area contributed by atoms with Crippen LogP contribution in [0.4, 0.5) is 5.69 Å². The number of nitrogens with zero attached hydrogens (tertiary/aromatic N) is 2. The molecule has 1 aliphatic carbocycles. The SMILES string of the molecule is N#CC1(c2ccc(NC(=O)c3cn4c5c(cccc5c3=O)CCC4)cc2)CC1. The Bertz CT molecular complexity index is 1210. The van der Waals surface area contributed by atoms with Crippen LogP contribution < -0.4 is 10.7 Å². The molecular weight excluding hydrogens is 350 g/mol. The Balaban J connectivity index is 1.48. The van der Waals surface area contributed by atoms with Crippen LogP contribution in [0.1, 0.15) is 40.7 Å². The Labute approximate surface area is 162 Å². The Hall–Kier alpha value is -3.39. The van der Waals surface area contributed by atoms with E-state index >= 15 is 0 Å². The topological polar surface area (TPSA) is 74.9 Å². The molecule has 0 radical (unpaired) electrons. The molecule has 1 N–H and O–H groups in total. The van der Waals surface area contributed by atoms with Gasteiger partial charge in [0.2, 0.25) is 5.43 Å². The normalized spacial score (nSPS) is 16.4. The number of aromatic nitrogens is 1. The number of rotatable bonds is 3. The third-order valence-electron chi connectivity index (χ3n) is 5.93. The molecule has 1 saturated carbocycles. The van der Waals surface area contributed by atoms with Crippen LogP contribution in [0.5, 0.6) is 0 Å². The van der Waals surface area contributed by atoms with Gasteiger partial charge in [-0.2, -0.15) is 5.26 Å². The van der Waals surface area contributed by atoms with Crippen molar-refractivity contribution in [3.05, 3.63) is 75.6 Å². The molecular formula is C23H19N3O2. The molecule has 1 fully saturated rings. The number of aryl methyl sites for hydroxylation is 2. The first-order valence-electron chi connectivity index (χ1n) is 9.59. The smallest absolute Gasteiger partial charge is 0.261 e. The molecule has 0 spiro atoms. The van der Waals surface area contributed by atoms with Crippen LogP contribution in [0.2, 0.25) is 0 Å². The Kier molecular flexibility index (Phi) is 3.63. The highest BCUT2D eigenvalue weighted by Crippen LogP contribution is 2.47. The molecule has 5 heteroatoms. The number of hydrogen-bond acceptors (Lipinski definition) is 3. The number of carbonyl (C=O) groups is 1. The standard InChI is InChI=1S/C23H19N3O2/c24-14-23(10-11-23)16-6-8-17(9-7-16)25-22(28)19-13-26-12-2-4-15-3-1-5-18(20(15)26)21(19)27/h1,3,5-9,13H,2,4,10-12H2,(H,25,28). The second kappa shape index (κ2) is 6.07. The minimum Gasteiger partial charge on any atom is -0.346 e. The maximum Gasteiger partial charge on any atom is 0.261 e. The zero-order chi connectivity index (χ0) is 19.3. The summed E-state index contributed by atoms with van der Waals surface area (Å²) in [4.78, 5) is 25.8. The van der Waals surface area contributed by atoms with Crippen molar-refractivity contribution in [3.63, 3.8) is 0 Å². The van der Waals surface area contributed by atoms with Crippen molar-refractivity contribution in [1.29, 1.82) is 5.26 Å². The number of nitrogens with one attached hydrogen (secondary N) is 1. The Morgan fingerprint density at radius 3 is 2.64 bits per heavy atom. The maximum atomic E-state index is 12.9. The molecule has 0 unspecified atom stereocenters. The lowest BCUT2D eigenvalue weighted by molar-refractivity contribution is 0.102. The summed E-state index contributed by atoms with van der Waals surface area (Å²) in [5, 5.41) is 12.7. The van der Waals surface area contributed by atoms with E-state index in [1.807, 2.05) is 28.8 Å². The highest BCUT2D eigenvalue weighted by atomic mass is 16.2. The molecule has 0 atom stereocenters. The summed E-state index contributed by atoms with van der Waals surface area (Å²) in [5.74, 6) is -0.402. The number of carbonyl (C=O) groups excluding carboxylic acids is 1. The van der Waals surface area contributed by atoms with Gasteiger partial charge in [-0.05, 0) is 55.0 Å². The molecule has 138 valence electrons. The van der Waals surface area contributed by atoms with Crippen LogP contribution >= 0.6 is 0 Å². The molecule has 0 bridgehead atoms. The van der Waals surface area contributed by atoms with Gasteiger partial charge in [-0.25, -0.2) is 0 Å².